The Morgan fingerprint density at radius 2 is 1.09 bits per heavy atom. The van der Waals surface area contributed by atoms with Crippen LogP contribution in [-0.4, -0.2) is 0 Å². The molecule has 112 valence electrons. The van der Waals surface area contributed by atoms with Gasteiger partial charge < -0.3 is 0 Å². The van der Waals surface area contributed by atoms with Crippen LogP contribution in [0.25, 0.3) is 6.08 Å². The van der Waals surface area contributed by atoms with Crippen LogP contribution in [0.1, 0.15) is 22.3 Å². The fourth-order valence-electron chi connectivity index (χ4n) is 3.73. The molecule has 0 saturated heterocycles. The number of benzene rings is 3. The van der Waals surface area contributed by atoms with Crippen molar-refractivity contribution in [3.05, 3.63) is 113 Å². The molecule has 3 aromatic rings. The molecule has 23 heavy (non-hydrogen) atoms. The van der Waals surface area contributed by atoms with Crippen molar-refractivity contribution in [3.8, 4) is 0 Å². The summed E-state index contributed by atoms with van der Waals surface area (Å²) in [5.74, 6) is 0. The van der Waals surface area contributed by atoms with Gasteiger partial charge in [0.15, 0.2) is 0 Å². The van der Waals surface area contributed by atoms with Crippen LogP contribution in [0, 0.1) is 0 Å². The Morgan fingerprint density at radius 1 is 0.565 bits per heavy atom. The van der Waals surface area contributed by atoms with Gasteiger partial charge in [-0.1, -0.05) is 97.1 Å². The predicted octanol–water partition coefficient (Wildman–Crippen LogP) is 5.44. The van der Waals surface area contributed by atoms with Gasteiger partial charge in [0.2, 0.25) is 0 Å². The van der Waals surface area contributed by atoms with Crippen molar-refractivity contribution in [1.29, 1.82) is 0 Å². The molecule has 0 atom stereocenters. The van der Waals surface area contributed by atoms with E-state index >= 15 is 0 Å². The molecule has 0 aromatic heterocycles. The molecule has 0 unspecified atom stereocenters. The Morgan fingerprint density at radius 3 is 1.70 bits per heavy atom. The topological polar surface area (TPSA) is 0 Å². The Balaban J connectivity index is 1.77. The highest BCUT2D eigenvalue weighted by molar-refractivity contribution is 5.66. The number of rotatable bonds is 4. The Labute approximate surface area is 138 Å². The summed E-state index contributed by atoms with van der Waals surface area (Å²) >= 11 is 0. The van der Waals surface area contributed by atoms with Gasteiger partial charge in [0, 0.05) is 5.41 Å². The quantitative estimate of drug-likeness (QED) is 0.601. The van der Waals surface area contributed by atoms with E-state index in [9.17, 15) is 0 Å². The molecule has 0 amide bonds. The normalized spacial score (nSPS) is 14.6. The summed E-state index contributed by atoms with van der Waals surface area (Å²) in [4.78, 5) is 0. The van der Waals surface area contributed by atoms with E-state index in [1.807, 2.05) is 0 Å². The minimum absolute atomic E-state index is 0.0549. The predicted molar refractivity (Wildman–Crippen MR) is 97.4 cm³/mol. The summed E-state index contributed by atoms with van der Waals surface area (Å²) in [6.45, 7) is 0. The lowest BCUT2D eigenvalue weighted by Gasteiger charge is -2.30. The largest absolute Gasteiger partial charge is 0.0727 e. The van der Waals surface area contributed by atoms with Gasteiger partial charge in [0.1, 0.15) is 0 Å². The molecular formula is C23H20. The average molecular weight is 296 g/mol. The minimum atomic E-state index is 0.0549. The molecule has 0 saturated carbocycles. The van der Waals surface area contributed by atoms with Crippen molar-refractivity contribution in [3.63, 3.8) is 0 Å². The minimum Gasteiger partial charge on any atom is -0.0727 e. The highest BCUT2D eigenvalue weighted by Crippen LogP contribution is 2.41. The van der Waals surface area contributed by atoms with Crippen molar-refractivity contribution in [2.24, 2.45) is 0 Å². The van der Waals surface area contributed by atoms with E-state index in [0.29, 0.717) is 0 Å². The van der Waals surface area contributed by atoms with Gasteiger partial charge in [-0.15, -0.1) is 0 Å². The summed E-state index contributed by atoms with van der Waals surface area (Å²) in [6.07, 6.45) is 6.78. The summed E-state index contributed by atoms with van der Waals surface area (Å²) in [7, 11) is 0. The van der Waals surface area contributed by atoms with Crippen LogP contribution in [0.3, 0.4) is 0 Å². The molecule has 0 fully saturated rings. The summed E-state index contributed by atoms with van der Waals surface area (Å²) < 4.78 is 0. The zero-order chi connectivity index (χ0) is 15.5. The van der Waals surface area contributed by atoms with Crippen LogP contribution < -0.4 is 0 Å². The molecule has 0 bridgehead atoms. The van der Waals surface area contributed by atoms with E-state index in [4.69, 9.17) is 0 Å². The van der Waals surface area contributed by atoms with Gasteiger partial charge >= 0.3 is 0 Å². The van der Waals surface area contributed by atoms with Gasteiger partial charge in [0.25, 0.3) is 0 Å². The van der Waals surface area contributed by atoms with Gasteiger partial charge in [-0.05, 0) is 35.1 Å². The molecule has 4 rings (SSSR count). The van der Waals surface area contributed by atoms with Gasteiger partial charge in [0.05, 0.1) is 0 Å². The first-order chi connectivity index (χ1) is 11.4. The Hall–Kier alpha value is -2.60. The molecule has 0 N–H and O–H groups in total. The van der Waals surface area contributed by atoms with Crippen LogP contribution in [0.5, 0.6) is 0 Å². The molecule has 1 aliphatic carbocycles. The first-order valence-electron chi connectivity index (χ1n) is 8.22. The third-order valence-electron chi connectivity index (χ3n) is 4.80. The summed E-state index contributed by atoms with van der Waals surface area (Å²) in [5.41, 5.74) is 5.65. The van der Waals surface area contributed by atoms with E-state index in [2.05, 4.69) is 97.1 Å². The van der Waals surface area contributed by atoms with E-state index in [1.54, 1.807) is 0 Å². The van der Waals surface area contributed by atoms with Crippen LogP contribution in [-0.2, 0) is 18.3 Å². The second kappa shape index (κ2) is 5.89. The lowest BCUT2D eigenvalue weighted by Crippen LogP contribution is -2.28. The zero-order valence-electron chi connectivity index (χ0n) is 13.2. The third-order valence-corrected chi connectivity index (χ3v) is 4.80. The number of hydrogen-bond donors (Lipinski definition) is 0. The second-order valence-corrected chi connectivity index (χ2v) is 6.40. The monoisotopic (exact) mass is 296 g/mol. The van der Waals surface area contributed by atoms with Crippen molar-refractivity contribution in [2.75, 3.05) is 0 Å². The molecule has 0 heterocycles. The van der Waals surface area contributed by atoms with Gasteiger partial charge in [-0.25, -0.2) is 0 Å². The van der Waals surface area contributed by atoms with E-state index in [1.165, 1.54) is 22.3 Å². The maximum absolute atomic E-state index is 2.41. The molecule has 0 radical (unpaired) electrons. The van der Waals surface area contributed by atoms with E-state index < -0.39 is 0 Å². The highest BCUT2D eigenvalue weighted by Gasteiger charge is 2.34. The first-order valence-corrected chi connectivity index (χ1v) is 8.22. The molecule has 0 heteroatoms. The lowest BCUT2D eigenvalue weighted by atomic mass is 9.73. The maximum atomic E-state index is 2.41. The molecule has 0 nitrogen and oxygen atoms in total. The second-order valence-electron chi connectivity index (χ2n) is 6.40. The summed E-state index contributed by atoms with van der Waals surface area (Å²) in [6, 6.07) is 30.5. The fraction of sp³-hybridized carbons (Fsp3) is 0.130. The van der Waals surface area contributed by atoms with Crippen LogP contribution >= 0.6 is 0 Å². The SMILES string of the molecule is C1=CC(Cc2ccccc2)(Cc2ccccc2)c2ccccc21. The maximum Gasteiger partial charge on any atom is 0.0222 e. The van der Waals surface area contributed by atoms with Gasteiger partial charge in [-0.3, -0.25) is 0 Å². The van der Waals surface area contributed by atoms with Crippen molar-refractivity contribution >= 4 is 6.08 Å². The first kappa shape index (κ1) is 14.0. The standard InChI is InChI=1S/C23H20/c1-3-9-19(10-4-1)17-23(18-20-11-5-2-6-12-20)16-15-21-13-7-8-14-22(21)23/h1-16H,17-18H2. The number of fused-ring (bicyclic) bond motifs is 1. The average Bonchev–Trinajstić information content (AvgIpc) is 2.96. The Kier molecular flexibility index (Phi) is 3.59. The third kappa shape index (κ3) is 2.73. The van der Waals surface area contributed by atoms with Crippen LogP contribution in [0.15, 0.2) is 91.0 Å². The smallest absolute Gasteiger partial charge is 0.0222 e. The molecular weight excluding hydrogens is 276 g/mol. The van der Waals surface area contributed by atoms with Crippen molar-refractivity contribution < 1.29 is 0 Å². The van der Waals surface area contributed by atoms with Crippen LogP contribution in [0.4, 0.5) is 0 Å². The molecule has 0 spiro atoms. The van der Waals surface area contributed by atoms with Crippen LogP contribution in [0.2, 0.25) is 0 Å². The summed E-state index contributed by atoms with van der Waals surface area (Å²) in [5, 5.41) is 0. The van der Waals surface area contributed by atoms with Crippen molar-refractivity contribution in [1.82, 2.24) is 0 Å². The zero-order valence-corrected chi connectivity index (χ0v) is 13.2. The molecule has 3 aromatic carbocycles. The van der Waals surface area contributed by atoms with E-state index in [0.717, 1.165) is 12.8 Å². The molecule has 0 aliphatic heterocycles. The van der Waals surface area contributed by atoms with E-state index in [-0.39, 0.29) is 5.41 Å². The Bertz CT molecular complexity index is 771. The highest BCUT2D eigenvalue weighted by atomic mass is 14.4. The number of hydrogen-bond acceptors (Lipinski definition) is 0. The molecule has 1 aliphatic rings. The van der Waals surface area contributed by atoms with Gasteiger partial charge in [-0.2, -0.15) is 0 Å². The lowest BCUT2D eigenvalue weighted by molar-refractivity contribution is 0.536. The number of allylic oxidation sites excluding steroid dienone is 1. The fourth-order valence-corrected chi connectivity index (χ4v) is 3.73. The van der Waals surface area contributed by atoms with Crippen molar-refractivity contribution in [2.45, 2.75) is 18.3 Å².